The fourth-order valence-corrected chi connectivity index (χ4v) is 2.73. The molecule has 2 aromatic rings. The van der Waals surface area contributed by atoms with Crippen LogP contribution in [0.4, 0.5) is 11.8 Å². The molecule has 25 heavy (non-hydrogen) atoms. The highest BCUT2D eigenvalue weighted by atomic mass is 16.5. The van der Waals surface area contributed by atoms with Crippen LogP contribution in [0.15, 0.2) is 30.5 Å². The second-order valence-corrected chi connectivity index (χ2v) is 6.02. The number of aromatic nitrogens is 2. The van der Waals surface area contributed by atoms with Gasteiger partial charge in [0.2, 0.25) is 5.95 Å². The quantitative estimate of drug-likeness (QED) is 0.867. The van der Waals surface area contributed by atoms with Crippen LogP contribution in [0, 0.1) is 0 Å². The van der Waals surface area contributed by atoms with Crippen LogP contribution in [-0.4, -0.2) is 49.3 Å². The van der Waals surface area contributed by atoms with E-state index in [4.69, 9.17) is 9.47 Å². The molecule has 1 aliphatic rings. The second-order valence-electron chi connectivity index (χ2n) is 6.02. The molecule has 132 valence electrons. The molecule has 0 fully saturated rings. The van der Waals surface area contributed by atoms with Crippen molar-refractivity contribution >= 4 is 17.7 Å². The summed E-state index contributed by atoms with van der Waals surface area (Å²) in [5, 5.41) is 3.15. The number of benzene rings is 1. The molecule has 3 rings (SSSR count). The van der Waals surface area contributed by atoms with Gasteiger partial charge in [0.25, 0.3) is 5.91 Å². The molecule has 0 aliphatic carbocycles. The van der Waals surface area contributed by atoms with Crippen LogP contribution >= 0.6 is 0 Å². The molecule has 1 atom stereocenters. The van der Waals surface area contributed by atoms with E-state index in [1.54, 1.807) is 32.5 Å². The van der Waals surface area contributed by atoms with Crippen molar-refractivity contribution < 1.29 is 14.3 Å². The number of ether oxygens (including phenoxy) is 2. The average molecular weight is 342 g/mol. The van der Waals surface area contributed by atoms with E-state index in [9.17, 15) is 4.79 Å². The molecule has 1 aromatic heterocycles. The summed E-state index contributed by atoms with van der Waals surface area (Å²) in [5.41, 5.74) is 1.69. The lowest BCUT2D eigenvalue weighted by Gasteiger charge is -2.18. The second kappa shape index (κ2) is 7.48. The van der Waals surface area contributed by atoms with E-state index in [-0.39, 0.29) is 11.9 Å². The van der Waals surface area contributed by atoms with Gasteiger partial charge in [-0.15, -0.1) is 0 Å². The van der Waals surface area contributed by atoms with Crippen molar-refractivity contribution in [2.45, 2.75) is 19.4 Å². The number of nitrogens with zero attached hydrogens (tertiary/aromatic N) is 3. The van der Waals surface area contributed by atoms with E-state index in [1.807, 2.05) is 19.1 Å². The highest BCUT2D eigenvalue weighted by Crippen LogP contribution is 2.26. The molecule has 1 aliphatic heterocycles. The van der Waals surface area contributed by atoms with Gasteiger partial charge < -0.3 is 14.8 Å². The summed E-state index contributed by atoms with van der Waals surface area (Å²) >= 11 is 0. The smallest absolute Gasteiger partial charge is 0.259 e. The van der Waals surface area contributed by atoms with Crippen LogP contribution in [0.1, 0.15) is 22.8 Å². The number of nitrogens with one attached hydrogen (secondary N) is 1. The maximum Gasteiger partial charge on any atom is 0.259 e. The minimum Gasteiger partial charge on any atom is -0.493 e. The highest BCUT2D eigenvalue weighted by molar-refractivity contribution is 6.05. The summed E-state index contributed by atoms with van der Waals surface area (Å²) in [6.45, 7) is 3.18. The van der Waals surface area contributed by atoms with Crippen molar-refractivity contribution in [1.29, 1.82) is 0 Å². The van der Waals surface area contributed by atoms with E-state index < -0.39 is 0 Å². The first-order valence-corrected chi connectivity index (χ1v) is 8.21. The fourth-order valence-electron chi connectivity index (χ4n) is 2.73. The molecular formula is C18H22N4O3. The van der Waals surface area contributed by atoms with Gasteiger partial charge in [0, 0.05) is 38.4 Å². The van der Waals surface area contributed by atoms with Crippen molar-refractivity contribution in [3.63, 3.8) is 0 Å². The van der Waals surface area contributed by atoms with Gasteiger partial charge in [-0.05, 0) is 36.8 Å². The molecule has 1 amide bonds. The monoisotopic (exact) mass is 342 g/mol. The summed E-state index contributed by atoms with van der Waals surface area (Å²) in [5.74, 6) is 1.73. The first-order chi connectivity index (χ1) is 12.1. The molecule has 0 saturated heterocycles. The SMILES string of the molecule is COC[C@H](C)Nc1nccc(N(C)C(=O)c2ccc3c(c2)CCO3)n1. The fraction of sp³-hybridized carbons (Fsp3) is 0.389. The largest absolute Gasteiger partial charge is 0.493 e. The number of rotatable bonds is 6. The minimum atomic E-state index is -0.121. The average Bonchev–Trinajstić information content (AvgIpc) is 3.08. The van der Waals surface area contributed by atoms with Gasteiger partial charge in [-0.25, -0.2) is 4.98 Å². The van der Waals surface area contributed by atoms with E-state index in [2.05, 4.69) is 15.3 Å². The highest BCUT2D eigenvalue weighted by Gasteiger charge is 2.19. The predicted octanol–water partition coefficient (Wildman–Crippen LogP) is 2.13. The number of carbonyl (C=O) groups is 1. The molecule has 0 bridgehead atoms. The van der Waals surface area contributed by atoms with Crippen molar-refractivity contribution in [2.24, 2.45) is 0 Å². The van der Waals surface area contributed by atoms with Gasteiger partial charge >= 0.3 is 0 Å². The molecule has 0 spiro atoms. The van der Waals surface area contributed by atoms with Gasteiger partial charge in [0.15, 0.2) is 0 Å². The lowest BCUT2D eigenvalue weighted by Crippen LogP contribution is -2.28. The molecule has 1 N–H and O–H groups in total. The number of methoxy groups -OCH3 is 1. The first-order valence-electron chi connectivity index (χ1n) is 8.21. The van der Waals surface area contributed by atoms with Gasteiger partial charge in [0.1, 0.15) is 11.6 Å². The predicted molar refractivity (Wildman–Crippen MR) is 95.4 cm³/mol. The van der Waals surface area contributed by atoms with E-state index in [0.717, 1.165) is 17.7 Å². The summed E-state index contributed by atoms with van der Waals surface area (Å²) in [6, 6.07) is 7.30. The van der Waals surface area contributed by atoms with E-state index >= 15 is 0 Å². The first kappa shape index (κ1) is 17.2. The summed E-state index contributed by atoms with van der Waals surface area (Å²) in [4.78, 5) is 22.9. The van der Waals surface area contributed by atoms with Crippen molar-refractivity contribution in [3.8, 4) is 5.75 Å². The van der Waals surface area contributed by atoms with Crippen LogP contribution in [0.25, 0.3) is 0 Å². The lowest BCUT2D eigenvalue weighted by atomic mass is 10.1. The van der Waals surface area contributed by atoms with Crippen LogP contribution in [0.5, 0.6) is 5.75 Å². The van der Waals surface area contributed by atoms with Gasteiger partial charge in [-0.3, -0.25) is 9.69 Å². The Labute approximate surface area is 147 Å². The Kier molecular flexibility index (Phi) is 5.14. The Balaban J connectivity index is 1.76. The molecule has 1 aromatic carbocycles. The van der Waals surface area contributed by atoms with Crippen LogP contribution in [0.2, 0.25) is 0 Å². The van der Waals surface area contributed by atoms with Crippen LogP contribution in [-0.2, 0) is 11.2 Å². The van der Waals surface area contributed by atoms with Crippen molar-refractivity contribution in [1.82, 2.24) is 9.97 Å². The summed E-state index contributed by atoms with van der Waals surface area (Å²) < 4.78 is 10.6. The number of hydrogen-bond acceptors (Lipinski definition) is 6. The Bertz CT molecular complexity index is 766. The summed E-state index contributed by atoms with van der Waals surface area (Å²) in [7, 11) is 3.35. The zero-order valence-corrected chi connectivity index (χ0v) is 14.7. The number of carbonyl (C=O) groups excluding carboxylic acids is 1. The van der Waals surface area contributed by atoms with E-state index in [0.29, 0.717) is 30.5 Å². The van der Waals surface area contributed by atoms with Crippen molar-refractivity contribution in [2.75, 3.05) is 37.6 Å². The number of hydrogen-bond donors (Lipinski definition) is 1. The zero-order chi connectivity index (χ0) is 17.8. The molecule has 0 unspecified atom stereocenters. The zero-order valence-electron chi connectivity index (χ0n) is 14.7. The third-order valence-electron chi connectivity index (χ3n) is 4.02. The minimum absolute atomic E-state index is 0.0676. The van der Waals surface area contributed by atoms with Crippen LogP contribution < -0.4 is 15.0 Å². The van der Waals surface area contributed by atoms with E-state index in [1.165, 1.54) is 4.90 Å². The topological polar surface area (TPSA) is 76.6 Å². The Morgan fingerprint density at radius 1 is 1.44 bits per heavy atom. The van der Waals surface area contributed by atoms with Crippen molar-refractivity contribution in [3.05, 3.63) is 41.6 Å². The number of amides is 1. The number of anilines is 2. The lowest BCUT2D eigenvalue weighted by molar-refractivity contribution is 0.0992. The molecule has 0 radical (unpaired) electrons. The molecule has 7 nitrogen and oxygen atoms in total. The molecule has 0 saturated carbocycles. The standard InChI is InChI=1S/C18H22N4O3/c1-12(11-24-3)20-18-19-8-6-16(21-18)22(2)17(23)14-4-5-15-13(10-14)7-9-25-15/h4-6,8,10,12H,7,9,11H2,1-3H3,(H,19,20,21)/t12-/m0/s1. The molecule has 7 heteroatoms. The third kappa shape index (κ3) is 3.88. The Morgan fingerprint density at radius 3 is 3.08 bits per heavy atom. The van der Waals surface area contributed by atoms with Crippen LogP contribution in [0.3, 0.4) is 0 Å². The maximum absolute atomic E-state index is 12.8. The third-order valence-corrected chi connectivity index (χ3v) is 4.02. The Morgan fingerprint density at radius 2 is 2.28 bits per heavy atom. The Hall–Kier alpha value is -2.67. The normalized spacial score (nSPS) is 13.7. The number of fused-ring (bicyclic) bond motifs is 1. The molecule has 2 heterocycles. The van der Waals surface area contributed by atoms with Gasteiger partial charge in [-0.2, -0.15) is 4.98 Å². The van der Waals surface area contributed by atoms with Gasteiger partial charge in [-0.1, -0.05) is 0 Å². The molecular weight excluding hydrogens is 320 g/mol. The maximum atomic E-state index is 12.8. The van der Waals surface area contributed by atoms with Gasteiger partial charge in [0.05, 0.1) is 13.2 Å². The summed E-state index contributed by atoms with van der Waals surface area (Å²) in [6.07, 6.45) is 2.46.